The van der Waals surface area contributed by atoms with Gasteiger partial charge in [0.1, 0.15) is 23.1 Å². The summed E-state index contributed by atoms with van der Waals surface area (Å²) in [5, 5.41) is 6.00. The number of carbonyl (C=O) groups excluding carboxylic acids is 1. The number of fused-ring (bicyclic) bond motifs is 1. The van der Waals surface area contributed by atoms with Crippen LogP contribution in [0.25, 0.3) is 11.0 Å². The van der Waals surface area contributed by atoms with Gasteiger partial charge in [-0.1, -0.05) is 26.8 Å². The Bertz CT molecular complexity index is 1470. The van der Waals surface area contributed by atoms with E-state index in [2.05, 4.69) is 46.3 Å². The summed E-state index contributed by atoms with van der Waals surface area (Å²) >= 11 is 0. The molecular formula is C29H33FN6O2. The van der Waals surface area contributed by atoms with E-state index in [1.165, 1.54) is 6.07 Å². The number of benzene rings is 2. The smallest absolute Gasteiger partial charge is 0.239 e. The zero-order valence-electron chi connectivity index (χ0n) is 22.2. The van der Waals surface area contributed by atoms with Crippen LogP contribution >= 0.6 is 0 Å². The van der Waals surface area contributed by atoms with Crippen molar-refractivity contribution in [2.45, 2.75) is 39.0 Å². The molecule has 0 radical (unpaired) electrons. The Hall–Kier alpha value is -3.98. The number of hydrogen-bond acceptors (Lipinski definition) is 6. The lowest BCUT2D eigenvalue weighted by Gasteiger charge is -2.20. The molecule has 0 bridgehead atoms. The van der Waals surface area contributed by atoms with Crippen LogP contribution in [-0.4, -0.2) is 45.0 Å². The molecule has 0 saturated carbocycles. The number of aryl methyl sites for hydroxylation is 1. The maximum atomic E-state index is 14.6. The van der Waals surface area contributed by atoms with Gasteiger partial charge in [-0.2, -0.15) is 0 Å². The number of nitrogens with one attached hydrogen (secondary N) is 2. The first-order valence-electron chi connectivity index (χ1n) is 12.9. The molecule has 5 rings (SSSR count). The van der Waals surface area contributed by atoms with Crippen molar-refractivity contribution in [3.8, 4) is 11.5 Å². The summed E-state index contributed by atoms with van der Waals surface area (Å²) in [7, 11) is 1.88. The summed E-state index contributed by atoms with van der Waals surface area (Å²) in [5.41, 5.74) is 2.87. The van der Waals surface area contributed by atoms with E-state index in [0.29, 0.717) is 41.0 Å². The molecule has 0 atom stereocenters. The molecule has 1 saturated heterocycles. The Morgan fingerprint density at radius 3 is 2.58 bits per heavy atom. The molecular weight excluding hydrogens is 483 g/mol. The number of amides is 1. The number of likely N-dealkylation sites (tertiary alicyclic amines) is 1. The molecule has 2 aromatic carbocycles. The van der Waals surface area contributed by atoms with E-state index >= 15 is 0 Å². The van der Waals surface area contributed by atoms with Crippen LogP contribution in [0.4, 0.5) is 21.8 Å². The first-order valence-corrected chi connectivity index (χ1v) is 12.9. The Morgan fingerprint density at radius 1 is 1.05 bits per heavy atom. The van der Waals surface area contributed by atoms with Crippen molar-refractivity contribution >= 4 is 34.4 Å². The molecule has 38 heavy (non-hydrogen) atoms. The average Bonchev–Trinajstić information content (AvgIpc) is 3.47. The molecule has 1 aliphatic rings. The number of halogens is 1. The lowest BCUT2D eigenvalue weighted by Crippen LogP contribution is -2.31. The summed E-state index contributed by atoms with van der Waals surface area (Å²) in [6.07, 6.45) is 3.87. The molecule has 9 heteroatoms. The SMILES string of the molecule is Cn1c(Nc2cc(C(C)(C)C)ccc2F)nc2cc(Oc3ccnc(NC(=O)CN4CCCC4)c3)ccc21. The van der Waals surface area contributed by atoms with Gasteiger partial charge in [0.25, 0.3) is 0 Å². The van der Waals surface area contributed by atoms with Gasteiger partial charge in [0, 0.05) is 25.4 Å². The number of nitrogens with zero attached hydrogens (tertiary/aromatic N) is 4. The summed E-state index contributed by atoms with van der Waals surface area (Å²) in [5.74, 6) is 1.67. The third kappa shape index (κ3) is 5.78. The van der Waals surface area contributed by atoms with Crippen molar-refractivity contribution in [2.24, 2.45) is 7.05 Å². The van der Waals surface area contributed by atoms with Crippen LogP contribution < -0.4 is 15.4 Å². The van der Waals surface area contributed by atoms with Gasteiger partial charge in [0.2, 0.25) is 11.9 Å². The molecule has 3 heterocycles. The minimum atomic E-state index is -0.338. The zero-order chi connectivity index (χ0) is 26.9. The molecule has 0 unspecified atom stereocenters. The highest BCUT2D eigenvalue weighted by Gasteiger charge is 2.18. The highest BCUT2D eigenvalue weighted by Crippen LogP contribution is 2.31. The van der Waals surface area contributed by atoms with E-state index in [9.17, 15) is 9.18 Å². The fourth-order valence-electron chi connectivity index (χ4n) is 4.57. The van der Waals surface area contributed by atoms with Crippen LogP contribution in [-0.2, 0) is 17.3 Å². The van der Waals surface area contributed by atoms with Gasteiger partial charge in [0.05, 0.1) is 23.3 Å². The minimum absolute atomic E-state index is 0.0871. The van der Waals surface area contributed by atoms with Gasteiger partial charge in [-0.05, 0) is 67.2 Å². The molecule has 1 fully saturated rings. The van der Waals surface area contributed by atoms with Crippen molar-refractivity contribution in [2.75, 3.05) is 30.3 Å². The quantitative estimate of drug-likeness (QED) is 0.315. The Kier molecular flexibility index (Phi) is 7.03. The lowest BCUT2D eigenvalue weighted by molar-refractivity contribution is -0.117. The van der Waals surface area contributed by atoms with E-state index in [0.717, 1.165) is 37.0 Å². The summed E-state index contributed by atoms with van der Waals surface area (Å²) in [6, 6.07) is 14.1. The maximum Gasteiger partial charge on any atom is 0.239 e. The second kappa shape index (κ2) is 10.4. The molecule has 1 aliphatic heterocycles. The van der Waals surface area contributed by atoms with Crippen LogP contribution in [0.5, 0.6) is 11.5 Å². The number of ether oxygens (including phenoxy) is 1. The van der Waals surface area contributed by atoms with Crippen LogP contribution in [0.2, 0.25) is 0 Å². The number of pyridine rings is 1. The lowest BCUT2D eigenvalue weighted by atomic mass is 9.87. The van der Waals surface area contributed by atoms with Crippen molar-refractivity contribution < 1.29 is 13.9 Å². The molecule has 198 valence electrons. The van der Waals surface area contributed by atoms with Crippen LogP contribution in [0, 0.1) is 5.82 Å². The van der Waals surface area contributed by atoms with Gasteiger partial charge in [0.15, 0.2) is 0 Å². The van der Waals surface area contributed by atoms with Gasteiger partial charge in [-0.3, -0.25) is 9.69 Å². The number of hydrogen-bond donors (Lipinski definition) is 2. The first kappa shape index (κ1) is 25.7. The third-order valence-corrected chi connectivity index (χ3v) is 6.73. The third-order valence-electron chi connectivity index (χ3n) is 6.73. The van der Waals surface area contributed by atoms with E-state index in [-0.39, 0.29) is 17.1 Å². The number of aromatic nitrogens is 3. The fourth-order valence-corrected chi connectivity index (χ4v) is 4.57. The standard InChI is InChI=1S/C29H33FN6O2/c1-29(2,3)19-7-9-22(30)23(15-19)32-28-33-24-16-20(8-10-25(24)35(28)4)38-21-11-12-31-26(17-21)34-27(37)18-36-13-5-6-14-36/h7-12,15-17H,5-6,13-14,18H2,1-4H3,(H,32,33)(H,31,34,37). The number of anilines is 3. The topological polar surface area (TPSA) is 84.3 Å². The Labute approximate surface area is 221 Å². The first-order chi connectivity index (χ1) is 18.2. The van der Waals surface area contributed by atoms with Crippen molar-refractivity contribution in [3.63, 3.8) is 0 Å². The Balaban J connectivity index is 1.31. The van der Waals surface area contributed by atoms with Gasteiger partial charge >= 0.3 is 0 Å². The fraction of sp³-hybridized carbons (Fsp3) is 0.345. The monoisotopic (exact) mass is 516 g/mol. The molecule has 1 amide bonds. The van der Waals surface area contributed by atoms with Crippen LogP contribution in [0.15, 0.2) is 54.7 Å². The van der Waals surface area contributed by atoms with Gasteiger partial charge < -0.3 is 19.9 Å². The molecule has 2 N–H and O–H groups in total. The second-order valence-electron chi connectivity index (χ2n) is 10.7. The van der Waals surface area contributed by atoms with E-state index < -0.39 is 0 Å². The number of carbonyl (C=O) groups is 1. The summed E-state index contributed by atoms with van der Waals surface area (Å²) in [6.45, 7) is 8.55. The largest absolute Gasteiger partial charge is 0.457 e. The Morgan fingerprint density at radius 2 is 1.82 bits per heavy atom. The van der Waals surface area contributed by atoms with Gasteiger partial charge in [-0.15, -0.1) is 0 Å². The predicted molar refractivity (Wildman–Crippen MR) is 148 cm³/mol. The molecule has 0 aliphatic carbocycles. The predicted octanol–water partition coefficient (Wildman–Crippen LogP) is 5.98. The van der Waals surface area contributed by atoms with E-state index in [1.54, 1.807) is 18.3 Å². The molecule has 8 nitrogen and oxygen atoms in total. The van der Waals surface area contributed by atoms with E-state index in [1.807, 2.05) is 41.9 Å². The van der Waals surface area contributed by atoms with Gasteiger partial charge in [-0.25, -0.2) is 14.4 Å². The zero-order valence-corrected chi connectivity index (χ0v) is 22.2. The highest BCUT2D eigenvalue weighted by molar-refractivity contribution is 5.91. The summed E-state index contributed by atoms with van der Waals surface area (Å²) in [4.78, 5) is 23.4. The van der Waals surface area contributed by atoms with Crippen LogP contribution in [0.3, 0.4) is 0 Å². The molecule has 0 spiro atoms. The summed E-state index contributed by atoms with van der Waals surface area (Å²) < 4.78 is 22.5. The van der Waals surface area contributed by atoms with Crippen molar-refractivity contribution in [3.05, 3.63) is 66.1 Å². The highest BCUT2D eigenvalue weighted by atomic mass is 19.1. The number of rotatable bonds is 7. The molecule has 4 aromatic rings. The second-order valence-corrected chi connectivity index (χ2v) is 10.7. The van der Waals surface area contributed by atoms with Crippen LogP contribution in [0.1, 0.15) is 39.2 Å². The number of imidazole rings is 1. The van der Waals surface area contributed by atoms with Crippen molar-refractivity contribution in [1.82, 2.24) is 19.4 Å². The normalized spacial score (nSPS) is 14.1. The van der Waals surface area contributed by atoms with E-state index in [4.69, 9.17) is 4.74 Å². The van der Waals surface area contributed by atoms with Crippen molar-refractivity contribution in [1.29, 1.82) is 0 Å². The minimum Gasteiger partial charge on any atom is -0.457 e. The maximum absolute atomic E-state index is 14.6. The average molecular weight is 517 g/mol. The molecule has 2 aromatic heterocycles.